The molecule has 9 heteroatoms. The molecule has 0 fully saturated rings. The third kappa shape index (κ3) is 5.96. The Bertz CT molecular complexity index is 1180. The fourth-order valence-corrected chi connectivity index (χ4v) is 3.93. The zero-order valence-corrected chi connectivity index (χ0v) is 18.3. The number of aryl methyl sites for hydroxylation is 1. The number of carbonyl (C=O) groups is 1. The van der Waals surface area contributed by atoms with E-state index in [0.717, 1.165) is 5.56 Å². The van der Waals surface area contributed by atoms with Gasteiger partial charge in [0.05, 0.1) is 10.6 Å². The van der Waals surface area contributed by atoms with Crippen LogP contribution in [0.15, 0.2) is 71.6 Å². The van der Waals surface area contributed by atoms with Gasteiger partial charge < -0.3 is 10.1 Å². The van der Waals surface area contributed by atoms with Gasteiger partial charge in [-0.15, -0.1) is 0 Å². The van der Waals surface area contributed by atoms with Crippen molar-refractivity contribution in [3.63, 3.8) is 0 Å². The van der Waals surface area contributed by atoms with Crippen LogP contribution in [0.2, 0.25) is 5.02 Å². The van der Waals surface area contributed by atoms with Crippen molar-refractivity contribution in [2.45, 2.75) is 24.8 Å². The molecule has 0 aliphatic heterocycles. The largest absolute Gasteiger partial charge is 0.481 e. The number of ether oxygens (including phenoxy) is 1. The quantitative estimate of drug-likeness (QED) is 0.517. The molecule has 0 radical (unpaired) electrons. The summed E-state index contributed by atoms with van der Waals surface area (Å²) in [4.78, 5) is 12.4. The molecule has 162 valence electrons. The SMILES string of the molecule is Cc1ccc(Cl)cc1NS(=O)(=O)c1ccc(NC(=O)[C@@H](C)Oc2ccc(F)cc2)cc1. The third-order valence-corrected chi connectivity index (χ3v) is 5.99. The van der Waals surface area contributed by atoms with Crippen molar-refractivity contribution in [1.29, 1.82) is 0 Å². The van der Waals surface area contributed by atoms with Crippen LogP contribution in [0.4, 0.5) is 15.8 Å². The van der Waals surface area contributed by atoms with Crippen molar-refractivity contribution in [3.8, 4) is 5.75 Å². The summed E-state index contributed by atoms with van der Waals surface area (Å²) >= 11 is 5.94. The second-order valence-electron chi connectivity index (χ2n) is 6.79. The molecule has 0 aromatic heterocycles. The van der Waals surface area contributed by atoms with E-state index in [2.05, 4.69) is 10.0 Å². The molecule has 1 amide bonds. The lowest BCUT2D eigenvalue weighted by Crippen LogP contribution is -2.30. The highest BCUT2D eigenvalue weighted by atomic mass is 35.5. The molecule has 0 aliphatic carbocycles. The Kier molecular flexibility index (Phi) is 6.82. The molecule has 0 aliphatic rings. The van der Waals surface area contributed by atoms with E-state index in [1.165, 1.54) is 54.6 Å². The first-order chi connectivity index (χ1) is 14.6. The Morgan fingerprint density at radius 3 is 2.32 bits per heavy atom. The van der Waals surface area contributed by atoms with Crippen molar-refractivity contribution in [1.82, 2.24) is 0 Å². The van der Waals surface area contributed by atoms with Crippen LogP contribution in [0, 0.1) is 12.7 Å². The summed E-state index contributed by atoms with van der Waals surface area (Å²) in [6.07, 6.45) is -0.846. The number of benzene rings is 3. The molecule has 0 saturated carbocycles. The Morgan fingerprint density at radius 1 is 1.03 bits per heavy atom. The second-order valence-corrected chi connectivity index (χ2v) is 8.91. The fraction of sp³-hybridized carbons (Fsp3) is 0.136. The maximum atomic E-state index is 13.0. The highest BCUT2D eigenvalue weighted by molar-refractivity contribution is 7.92. The predicted octanol–water partition coefficient (Wildman–Crippen LogP) is 4.99. The summed E-state index contributed by atoms with van der Waals surface area (Å²) in [6, 6.07) is 15.9. The van der Waals surface area contributed by atoms with Gasteiger partial charge in [-0.1, -0.05) is 17.7 Å². The molecule has 2 N–H and O–H groups in total. The zero-order chi connectivity index (χ0) is 22.6. The van der Waals surface area contributed by atoms with E-state index >= 15 is 0 Å². The van der Waals surface area contributed by atoms with E-state index in [0.29, 0.717) is 22.1 Å². The number of nitrogens with one attached hydrogen (secondary N) is 2. The van der Waals surface area contributed by atoms with Crippen molar-refractivity contribution in [3.05, 3.63) is 83.1 Å². The third-order valence-electron chi connectivity index (χ3n) is 4.37. The molecule has 0 saturated heterocycles. The Balaban J connectivity index is 1.65. The van der Waals surface area contributed by atoms with Gasteiger partial charge in [-0.05, 0) is 80.1 Å². The maximum absolute atomic E-state index is 13.0. The van der Waals surface area contributed by atoms with E-state index in [1.54, 1.807) is 26.0 Å². The summed E-state index contributed by atoms with van der Waals surface area (Å²) in [6.45, 7) is 3.32. The number of hydrogen-bond donors (Lipinski definition) is 2. The van der Waals surface area contributed by atoms with Gasteiger partial charge in [-0.2, -0.15) is 0 Å². The first kappa shape index (κ1) is 22.6. The summed E-state index contributed by atoms with van der Waals surface area (Å²) in [5, 5.41) is 3.06. The predicted molar refractivity (Wildman–Crippen MR) is 119 cm³/mol. The van der Waals surface area contributed by atoms with E-state index in [1.807, 2.05) is 0 Å². The molecule has 3 rings (SSSR count). The average molecular weight is 463 g/mol. The summed E-state index contributed by atoms with van der Waals surface area (Å²) in [5.74, 6) is -0.486. The molecule has 3 aromatic carbocycles. The van der Waals surface area contributed by atoms with Crippen LogP contribution < -0.4 is 14.8 Å². The monoisotopic (exact) mass is 462 g/mol. The summed E-state index contributed by atoms with van der Waals surface area (Å²) in [7, 11) is -3.84. The van der Waals surface area contributed by atoms with Gasteiger partial charge in [-0.3, -0.25) is 9.52 Å². The van der Waals surface area contributed by atoms with E-state index in [9.17, 15) is 17.6 Å². The van der Waals surface area contributed by atoms with Gasteiger partial charge >= 0.3 is 0 Å². The van der Waals surface area contributed by atoms with Gasteiger partial charge in [-0.25, -0.2) is 12.8 Å². The molecular formula is C22H20ClFN2O4S. The molecule has 1 atom stereocenters. The lowest BCUT2D eigenvalue weighted by Gasteiger charge is -2.15. The van der Waals surface area contributed by atoms with E-state index in [-0.39, 0.29) is 4.90 Å². The van der Waals surface area contributed by atoms with E-state index in [4.69, 9.17) is 16.3 Å². The van der Waals surface area contributed by atoms with Crippen LogP contribution in [0.5, 0.6) is 5.75 Å². The molecular weight excluding hydrogens is 443 g/mol. The molecule has 0 unspecified atom stereocenters. The standard InChI is InChI=1S/C22H20ClFN2O4S/c1-14-3-4-16(23)13-21(14)26-31(28,29)20-11-7-18(8-12-20)25-22(27)15(2)30-19-9-5-17(24)6-10-19/h3-13,15,26H,1-2H3,(H,25,27)/t15-/m1/s1. The number of hydrogen-bond acceptors (Lipinski definition) is 4. The van der Waals surface area contributed by atoms with Crippen LogP contribution >= 0.6 is 11.6 Å². The smallest absolute Gasteiger partial charge is 0.265 e. The Labute approximate surface area is 185 Å². The highest BCUT2D eigenvalue weighted by Crippen LogP contribution is 2.24. The zero-order valence-electron chi connectivity index (χ0n) is 16.7. The van der Waals surface area contributed by atoms with Crippen LogP contribution in [-0.4, -0.2) is 20.4 Å². The number of sulfonamides is 1. The minimum absolute atomic E-state index is 0.0282. The minimum atomic E-state index is -3.84. The fourth-order valence-electron chi connectivity index (χ4n) is 2.64. The Morgan fingerprint density at radius 2 is 1.68 bits per heavy atom. The number of rotatable bonds is 7. The van der Waals surface area contributed by atoms with Crippen LogP contribution in [0.1, 0.15) is 12.5 Å². The minimum Gasteiger partial charge on any atom is -0.481 e. The second kappa shape index (κ2) is 9.36. The Hall–Kier alpha value is -3.10. The number of amides is 1. The van der Waals surface area contributed by atoms with Crippen LogP contribution in [-0.2, 0) is 14.8 Å². The van der Waals surface area contributed by atoms with Crippen LogP contribution in [0.25, 0.3) is 0 Å². The number of carbonyl (C=O) groups excluding carboxylic acids is 1. The number of anilines is 2. The van der Waals surface area contributed by atoms with Gasteiger partial charge in [0.2, 0.25) is 0 Å². The van der Waals surface area contributed by atoms with Gasteiger partial charge in [0.25, 0.3) is 15.9 Å². The topological polar surface area (TPSA) is 84.5 Å². The highest BCUT2D eigenvalue weighted by Gasteiger charge is 2.18. The van der Waals surface area contributed by atoms with Crippen molar-refractivity contribution in [2.24, 2.45) is 0 Å². The first-order valence-corrected chi connectivity index (χ1v) is 11.1. The molecule has 3 aromatic rings. The normalized spacial score (nSPS) is 12.1. The maximum Gasteiger partial charge on any atom is 0.265 e. The van der Waals surface area contributed by atoms with Crippen molar-refractivity contribution < 1.29 is 22.3 Å². The van der Waals surface area contributed by atoms with E-state index < -0.39 is 27.9 Å². The first-order valence-electron chi connectivity index (χ1n) is 9.26. The van der Waals surface area contributed by atoms with Gasteiger partial charge in [0.15, 0.2) is 6.10 Å². The molecule has 0 spiro atoms. The number of halogens is 2. The lowest BCUT2D eigenvalue weighted by molar-refractivity contribution is -0.122. The molecule has 0 heterocycles. The van der Waals surface area contributed by atoms with Crippen molar-refractivity contribution in [2.75, 3.05) is 10.0 Å². The van der Waals surface area contributed by atoms with Crippen LogP contribution in [0.3, 0.4) is 0 Å². The summed E-state index contributed by atoms with van der Waals surface area (Å²) in [5.41, 5.74) is 1.51. The summed E-state index contributed by atoms with van der Waals surface area (Å²) < 4.78 is 46.2. The lowest BCUT2D eigenvalue weighted by atomic mass is 10.2. The van der Waals surface area contributed by atoms with Gasteiger partial charge in [0.1, 0.15) is 11.6 Å². The average Bonchev–Trinajstić information content (AvgIpc) is 2.72. The molecule has 6 nitrogen and oxygen atoms in total. The van der Waals surface area contributed by atoms with Crippen molar-refractivity contribution >= 4 is 38.9 Å². The molecule has 31 heavy (non-hydrogen) atoms. The molecule has 0 bridgehead atoms. The van der Waals surface area contributed by atoms with Gasteiger partial charge in [0, 0.05) is 10.7 Å².